The van der Waals surface area contributed by atoms with E-state index in [1.165, 1.54) is 17.3 Å². The Morgan fingerprint density at radius 2 is 1.79 bits per heavy atom. The summed E-state index contributed by atoms with van der Waals surface area (Å²) in [4.78, 5) is 0. The van der Waals surface area contributed by atoms with Gasteiger partial charge in [-0.2, -0.15) is 4.68 Å². The van der Waals surface area contributed by atoms with Crippen LogP contribution in [0.2, 0.25) is 0 Å². The SMILES string of the molecule is CCOc1ccc(OCC(O)CSc2nnnn2-c2ccc(C)cc2C)cc1. The first-order valence-corrected chi connectivity index (χ1v) is 10.1. The fourth-order valence-corrected chi connectivity index (χ4v) is 3.46. The lowest BCUT2D eigenvalue weighted by atomic mass is 10.1. The Balaban J connectivity index is 1.54. The third-order valence-electron chi connectivity index (χ3n) is 4.00. The van der Waals surface area contributed by atoms with Gasteiger partial charge in [-0.15, -0.1) is 5.10 Å². The Bertz CT molecular complexity index is 899. The number of benzene rings is 2. The maximum Gasteiger partial charge on any atom is 0.214 e. The highest BCUT2D eigenvalue weighted by molar-refractivity contribution is 7.99. The highest BCUT2D eigenvalue weighted by Gasteiger charge is 2.14. The molecule has 3 rings (SSSR count). The second-order valence-corrected chi connectivity index (χ2v) is 7.33. The first-order valence-electron chi connectivity index (χ1n) is 9.09. The third-order valence-corrected chi connectivity index (χ3v) is 5.07. The van der Waals surface area contributed by atoms with Gasteiger partial charge in [0.25, 0.3) is 0 Å². The van der Waals surface area contributed by atoms with E-state index in [9.17, 15) is 5.11 Å². The van der Waals surface area contributed by atoms with Crippen molar-refractivity contribution in [3.8, 4) is 17.2 Å². The van der Waals surface area contributed by atoms with Crippen LogP contribution < -0.4 is 9.47 Å². The normalized spacial score (nSPS) is 12.0. The molecular weight excluding hydrogens is 376 g/mol. The van der Waals surface area contributed by atoms with E-state index in [0.29, 0.717) is 23.3 Å². The smallest absolute Gasteiger partial charge is 0.214 e. The van der Waals surface area contributed by atoms with E-state index < -0.39 is 6.10 Å². The molecule has 0 aliphatic heterocycles. The standard InChI is InChI=1S/C20H24N4O3S/c1-4-26-17-6-8-18(9-7-17)27-12-16(25)13-28-20-21-22-23-24(20)19-10-5-14(2)11-15(19)3/h5-11,16,25H,4,12-13H2,1-3H3. The summed E-state index contributed by atoms with van der Waals surface area (Å²) in [6, 6.07) is 13.5. The largest absolute Gasteiger partial charge is 0.494 e. The van der Waals surface area contributed by atoms with Crippen molar-refractivity contribution in [2.45, 2.75) is 32.0 Å². The van der Waals surface area contributed by atoms with E-state index in [1.807, 2.05) is 57.2 Å². The number of aryl methyl sites for hydroxylation is 2. The Morgan fingerprint density at radius 3 is 2.46 bits per heavy atom. The number of aliphatic hydroxyl groups is 1. The van der Waals surface area contributed by atoms with Gasteiger partial charge in [0.2, 0.25) is 5.16 Å². The summed E-state index contributed by atoms with van der Waals surface area (Å²) in [5.41, 5.74) is 3.21. The predicted octanol–water partition coefficient (Wildman–Crippen LogP) is 3.21. The second-order valence-electron chi connectivity index (χ2n) is 6.34. The summed E-state index contributed by atoms with van der Waals surface area (Å²) in [6.45, 7) is 6.82. The first-order chi connectivity index (χ1) is 13.6. The van der Waals surface area contributed by atoms with Gasteiger partial charge in [0, 0.05) is 5.75 Å². The molecule has 148 valence electrons. The molecule has 28 heavy (non-hydrogen) atoms. The predicted molar refractivity (Wildman–Crippen MR) is 108 cm³/mol. The molecule has 7 nitrogen and oxygen atoms in total. The van der Waals surface area contributed by atoms with Crippen molar-refractivity contribution in [3.05, 3.63) is 53.6 Å². The topological polar surface area (TPSA) is 82.3 Å². The van der Waals surface area contributed by atoms with Crippen LogP contribution in [-0.2, 0) is 0 Å². The molecule has 0 aliphatic carbocycles. The number of thioether (sulfide) groups is 1. The Labute approximate surface area is 168 Å². The van der Waals surface area contributed by atoms with Gasteiger partial charge in [0.15, 0.2) is 0 Å². The molecule has 2 aromatic carbocycles. The van der Waals surface area contributed by atoms with Crippen molar-refractivity contribution in [1.82, 2.24) is 20.2 Å². The fourth-order valence-electron chi connectivity index (χ4n) is 2.67. The number of tetrazole rings is 1. The Morgan fingerprint density at radius 1 is 1.07 bits per heavy atom. The number of hydrogen-bond acceptors (Lipinski definition) is 7. The Kier molecular flexibility index (Phi) is 6.89. The maximum absolute atomic E-state index is 10.3. The minimum absolute atomic E-state index is 0.187. The van der Waals surface area contributed by atoms with Gasteiger partial charge in [0.1, 0.15) is 18.1 Å². The molecule has 0 aliphatic rings. The molecule has 0 saturated carbocycles. The minimum Gasteiger partial charge on any atom is -0.494 e. The average molecular weight is 401 g/mol. The quantitative estimate of drug-likeness (QED) is 0.552. The minimum atomic E-state index is -0.652. The molecular formula is C20H24N4O3S. The highest BCUT2D eigenvalue weighted by Crippen LogP contribution is 2.22. The monoisotopic (exact) mass is 400 g/mol. The van der Waals surface area contributed by atoms with Crippen molar-refractivity contribution < 1.29 is 14.6 Å². The van der Waals surface area contributed by atoms with Crippen molar-refractivity contribution in [3.63, 3.8) is 0 Å². The van der Waals surface area contributed by atoms with Gasteiger partial charge >= 0.3 is 0 Å². The molecule has 1 N–H and O–H groups in total. The van der Waals surface area contributed by atoms with Crippen LogP contribution in [0.3, 0.4) is 0 Å². The van der Waals surface area contributed by atoms with Crippen LogP contribution in [0.5, 0.6) is 11.5 Å². The lowest BCUT2D eigenvalue weighted by Gasteiger charge is -2.13. The van der Waals surface area contributed by atoms with Crippen LogP contribution in [0, 0.1) is 13.8 Å². The molecule has 0 bridgehead atoms. The van der Waals surface area contributed by atoms with Crippen molar-refractivity contribution >= 4 is 11.8 Å². The third kappa shape index (κ3) is 5.24. The number of nitrogens with zero attached hydrogens (tertiary/aromatic N) is 4. The van der Waals surface area contributed by atoms with E-state index in [-0.39, 0.29) is 6.61 Å². The van der Waals surface area contributed by atoms with Crippen LogP contribution >= 0.6 is 11.8 Å². The molecule has 0 amide bonds. The number of aliphatic hydroxyl groups excluding tert-OH is 1. The van der Waals surface area contributed by atoms with Gasteiger partial charge < -0.3 is 14.6 Å². The van der Waals surface area contributed by atoms with Crippen molar-refractivity contribution in [2.75, 3.05) is 19.0 Å². The van der Waals surface area contributed by atoms with E-state index in [0.717, 1.165) is 17.0 Å². The van der Waals surface area contributed by atoms with E-state index in [4.69, 9.17) is 9.47 Å². The number of hydrogen-bond donors (Lipinski definition) is 1. The van der Waals surface area contributed by atoms with Gasteiger partial charge in [-0.3, -0.25) is 0 Å². The zero-order valence-electron chi connectivity index (χ0n) is 16.2. The van der Waals surface area contributed by atoms with E-state index in [1.54, 1.807) is 4.68 Å². The maximum atomic E-state index is 10.3. The average Bonchev–Trinajstić information content (AvgIpc) is 3.14. The molecule has 1 unspecified atom stereocenters. The van der Waals surface area contributed by atoms with Gasteiger partial charge in [-0.05, 0) is 67.1 Å². The molecule has 1 atom stereocenters. The first kappa shape index (κ1) is 20.2. The summed E-state index contributed by atoms with van der Waals surface area (Å²) in [7, 11) is 0. The van der Waals surface area contributed by atoms with Gasteiger partial charge in [-0.1, -0.05) is 29.5 Å². The molecule has 1 aromatic heterocycles. The lowest BCUT2D eigenvalue weighted by molar-refractivity contribution is 0.126. The molecule has 0 spiro atoms. The van der Waals surface area contributed by atoms with E-state index >= 15 is 0 Å². The summed E-state index contributed by atoms with van der Waals surface area (Å²) < 4.78 is 12.7. The summed E-state index contributed by atoms with van der Waals surface area (Å²) in [5, 5.41) is 22.8. The Hall–Kier alpha value is -2.58. The zero-order chi connectivity index (χ0) is 19.9. The number of aromatic nitrogens is 4. The van der Waals surface area contributed by atoms with Crippen molar-refractivity contribution in [2.24, 2.45) is 0 Å². The molecule has 1 heterocycles. The van der Waals surface area contributed by atoms with Crippen LogP contribution in [0.1, 0.15) is 18.1 Å². The molecule has 3 aromatic rings. The van der Waals surface area contributed by atoms with Crippen LogP contribution in [-0.4, -0.2) is 50.4 Å². The summed E-state index contributed by atoms with van der Waals surface area (Å²) in [5.74, 6) is 1.90. The van der Waals surface area contributed by atoms with Crippen LogP contribution in [0.15, 0.2) is 47.6 Å². The number of ether oxygens (including phenoxy) is 2. The van der Waals surface area contributed by atoms with Crippen molar-refractivity contribution in [1.29, 1.82) is 0 Å². The molecule has 8 heteroatoms. The van der Waals surface area contributed by atoms with Gasteiger partial charge in [0.05, 0.1) is 18.4 Å². The lowest BCUT2D eigenvalue weighted by Crippen LogP contribution is -2.20. The van der Waals surface area contributed by atoms with Crippen LogP contribution in [0.4, 0.5) is 0 Å². The summed E-state index contributed by atoms with van der Waals surface area (Å²) >= 11 is 1.39. The summed E-state index contributed by atoms with van der Waals surface area (Å²) in [6.07, 6.45) is -0.652. The van der Waals surface area contributed by atoms with Gasteiger partial charge in [-0.25, -0.2) is 0 Å². The zero-order valence-corrected chi connectivity index (χ0v) is 17.0. The highest BCUT2D eigenvalue weighted by atomic mass is 32.2. The molecule has 0 fully saturated rings. The van der Waals surface area contributed by atoms with E-state index in [2.05, 4.69) is 21.6 Å². The number of rotatable bonds is 9. The fraction of sp³-hybridized carbons (Fsp3) is 0.350. The van der Waals surface area contributed by atoms with Crippen LogP contribution in [0.25, 0.3) is 5.69 Å². The second kappa shape index (κ2) is 9.57. The molecule has 0 radical (unpaired) electrons. The molecule has 0 saturated heterocycles.